The van der Waals surface area contributed by atoms with Gasteiger partial charge in [0.15, 0.2) is 5.13 Å². The van der Waals surface area contributed by atoms with Gasteiger partial charge < -0.3 is 10.0 Å². The number of carbonyl (C=O) groups is 1. The molecule has 1 saturated carbocycles. The van der Waals surface area contributed by atoms with Gasteiger partial charge in [0.05, 0.1) is 5.69 Å². The molecule has 0 bridgehead atoms. The van der Waals surface area contributed by atoms with Crippen molar-refractivity contribution in [1.82, 2.24) is 4.98 Å². The standard InChI is InChI=1S/C14H22N2O2S/c1-5-8-16(9-6-7-9)13-15-11(14(2,3)4)10(19-13)12(17)18/h9H,5-8H2,1-4H3,(H,17,18). The van der Waals surface area contributed by atoms with E-state index in [0.717, 1.165) is 18.1 Å². The van der Waals surface area contributed by atoms with Crippen LogP contribution < -0.4 is 4.90 Å². The van der Waals surface area contributed by atoms with Crippen LogP contribution in [0, 0.1) is 0 Å². The highest BCUT2D eigenvalue weighted by atomic mass is 32.1. The van der Waals surface area contributed by atoms with Gasteiger partial charge in [-0.05, 0) is 19.3 Å². The third-order valence-electron chi connectivity index (χ3n) is 3.22. The van der Waals surface area contributed by atoms with Crippen LogP contribution in [0.15, 0.2) is 0 Å². The van der Waals surface area contributed by atoms with Gasteiger partial charge in [-0.1, -0.05) is 39.0 Å². The number of carboxylic acid groups (broad SMARTS) is 1. The van der Waals surface area contributed by atoms with E-state index in [2.05, 4.69) is 16.8 Å². The number of carboxylic acids is 1. The van der Waals surface area contributed by atoms with E-state index >= 15 is 0 Å². The third kappa shape index (κ3) is 3.08. The van der Waals surface area contributed by atoms with E-state index in [-0.39, 0.29) is 5.41 Å². The van der Waals surface area contributed by atoms with Crippen LogP contribution >= 0.6 is 11.3 Å². The Hall–Kier alpha value is -1.10. The van der Waals surface area contributed by atoms with Crippen molar-refractivity contribution in [2.45, 2.75) is 58.4 Å². The summed E-state index contributed by atoms with van der Waals surface area (Å²) < 4.78 is 0. The van der Waals surface area contributed by atoms with Crippen molar-refractivity contribution in [1.29, 1.82) is 0 Å². The van der Waals surface area contributed by atoms with Crippen LogP contribution in [0.5, 0.6) is 0 Å². The van der Waals surface area contributed by atoms with Gasteiger partial charge in [-0.2, -0.15) is 0 Å². The van der Waals surface area contributed by atoms with Crippen LogP contribution in [-0.4, -0.2) is 28.6 Å². The number of aromatic nitrogens is 1. The average Bonchev–Trinajstić information content (AvgIpc) is 3.01. The van der Waals surface area contributed by atoms with Gasteiger partial charge in [-0.3, -0.25) is 0 Å². The Kier molecular flexibility index (Phi) is 3.85. The summed E-state index contributed by atoms with van der Waals surface area (Å²) in [6, 6.07) is 0.570. The first kappa shape index (κ1) is 14.3. The van der Waals surface area contributed by atoms with Crippen LogP contribution in [0.1, 0.15) is 62.3 Å². The molecule has 106 valence electrons. The molecule has 1 aromatic rings. The molecule has 1 aliphatic carbocycles. The normalized spacial score (nSPS) is 15.6. The van der Waals surface area contributed by atoms with E-state index < -0.39 is 5.97 Å². The summed E-state index contributed by atoms with van der Waals surface area (Å²) in [6.45, 7) is 9.14. The Morgan fingerprint density at radius 2 is 2.11 bits per heavy atom. The van der Waals surface area contributed by atoms with Crippen molar-refractivity contribution in [3.63, 3.8) is 0 Å². The molecule has 19 heavy (non-hydrogen) atoms. The first-order valence-electron chi connectivity index (χ1n) is 6.85. The molecule has 0 unspecified atom stereocenters. The van der Waals surface area contributed by atoms with Crippen LogP contribution in [0.4, 0.5) is 5.13 Å². The highest BCUT2D eigenvalue weighted by Gasteiger charge is 2.34. The van der Waals surface area contributed by atoms with Crippen LogP contribution in [-0.2, 0) is 5.41 Å². The summed E-state index contributed by atoms with van der Waals surface area (Å²) in [5, 5.41) is 10.2. The Morgan fingerprint density at radius 3 is 2.47 bits per heavy atom. The molecule has 2 rings (SSSR count). The lowest BCUT2D eigenvalue weighted by Crippen LogP contribution is -2.26. The van der Waals surface area contributed by atoms with E-state index in [0.29, 0.717) is 16.6 Å². The minimum absolute atomic E-state index is 0.232. The lowest BCUT2D eigenvalue weighted by atomic mass is 9.91. The zero-order valence-electron chi connectivity index (χ0n) is 12.1. The molecular weight excluding hydrogens is 260 g/mol. The monoisotopic (exact) mass is 282 g/mol. The van der Waals surface area contributed by atoms with Crippen LogP contribution in [0.2, 0.25) is 0 Å². The zero-order valence-corrected chi connectivity index (χ0v) is 12.9. The van der Waals surface area contributed by atoms with E-state index in [1.165, 1.54) is 24.2 Å². The summed E-state index contributed by atoms with van der Waals surface area (Å²) in [5.41, 5.74) is 0.478. The van der Waals surface area contributed by atoms with Gasteiger partial charge in [0.2, 0.25) is 0 Å². The number of nitrogens with zero attached hydrogens (tertiary/aromatic N) is 2. The zero-order chi connectivity index (χ0) is 14.2. The van der Waals surface area contributed by atoms with E-state index in [1.807, 2.05) is 20.8 Å². The van der Waals surface area contributed by atoms with Crippen molar-refractivity contribution in [2.75, 3.05) is 11.4 Å². The maximum Gasteiger partial charge on any atom is 0.347 e. The molecule has 1 aliphatic rings. The summed E-state index contributed by atoms with van der Waals surface area (Å²) in [5.74, 6) is -0.860. The second kappa shape index (κ2) is 5.12. The van der Waals surface area contributed by atoms with Crippen molar-refractivity contribution >= 4 is 22.4 Å². The van der Waals surface area contributed by atoms with Gasteiger partial charge in [-0.25, -0.2) is 9.78 Å². The van der Waals surface area contributed by atoms with Gasteiger partial charge >= 0.3 is 5.97 Å². The molecule has 0 aliphatic heterocycles. The molecule has 1 N–H and O–H groups in total. The fraction of sp³-hybridized carbons (Fsp3) is 0.714. The van der Waals surface area contributed by atoms with Gasteiger partial charge in [0.1, 0.15) is 4.88 Å². The number of anilines is 1. The van der Waals surface area contributed by atoms with E-state index in [9.17, 15) is 9.90 Å². The van der Waals surface area contributed by atoms with Crippen molar-refractivity contribution in [3.8, 4) is 0 Å². The SMILES string of the molecule is CCCN(c1nc(C(C)(C)C)c(C(=O)O)s1)C1CC1. The molecule has 0 radical (unpaired) electrons. The Morgan fingerprint density at radius 1 is 1.47 bits per heavy atom. The Labute approximate surface area is 118 Å². The maximum absolute atomic E-state index is 11.4. The summed E-state index contributed by atoms with van der Waals surface area (Å²) in [7, 11) is 0. The Bertz CT molecular complexity index is 472. The second-order valence-corrected chi connectivity index (χ2v) is 7.13. The number of hydrogen-bond acceptors (Lipinski definition) is 4. The number of aromatic carboxylic acids is 1. The molecule has 0 amide bonds. The average molecular weight is 282 g/mol. The quantitative estimate of drug-likeness (QED) is 0.897. The maximum atomic E-state index is 11.4. The Balaban J connectivity index is 2.38. The highest BCUT2D eigenvalue weighted by molar-refractivity contribution is 7.17. The fourth-order valence-electron chi connectivity index (χ4n) is 2.15. The number of thiazole rings is 1. The number of hydrogen-bond donors (Lipinski definition) is 1. The highest BCUT2D eigenvalue weighted by Crippen LogP contribution is 2.38. The molecule has 0 spiro atoms. The molecular formula is C14H22N2O2S. The lowest BCUT2D eigenvalue weighted by molar-refractivity contribution is 0.0699. The van der Waals surface area contributed by atoms with Crippen molar-refractivity contribution < 1.29 is 9.90 Å². The summed E-state index contributed by atoms with van der Waals surface area (Å²) in [6.07, 6.45) is 3.46. The topological polar surface area (TPSA) is 53.4 Å². The molecule has 0 atom stereocenters. The molecule has 1 heterocycles. The molecule has 4 nitrogen and oxygen atoms in total. The molecule has 1 aromatic heterocycles. The van der Waals surface area contributed by atoms with Crippen LogP contribution in [0.25, 0.3) is 0 Å². The lowest BCUT2D eigenvalue weighted by Gasteiger charge is -2.21. The fourth-order valence-corrected chi connectivity index (χ4v) is 3.36. The third-order valence-corrected chi connectivity index (χ3v) is 4.30. The molecule has 5 heteroatoms. The smallest absolute Gasteiger partial charge is 0.347 e. The molecule has 0 aromatic carbocycles. The van der Waals surface area contributed by atoms with Crippen LogP contribution in [0.3, 0.4) is 0 Å². The van der Waals surface area contributed by atoms with Crippen molar-refractivity contribution in [2.24, 2.45) is 0 Å². The summed E-state index contributed by atoms with van der Waals surface area (Å²) >= 11 is 1.33. The predicted molar refractivity (Wildman–Crippen MR) is 78.4 cm³/mol. The predicted octanol–water partition coefficient (Wildman–Crippen LogP) is 3.52. The first-order valence-corrected chi connectivity index (χ1v) is 7.67. The van der Waals surface area contributed by atoms with Gasteiger partial charge in [-0.15, -0.1) is 0 Å². The van der Waals surface area contributed by atoms with E-state index in [4.69, 9.17) is 0 Å². The first-order chi connectivity index (χ1) is 8.84. The molecule has 0 saturated heterocycles. The van der Waals surface area contributed by atoms with Gasteiger partial charge in [0.25, 0.3) is 0 Å². The second-order valence-electron chi connectivity index (χ2n) is 6.15. The minimum atomic E-state index is -0.860. The van der Waals surface area contributed by atoms with Gasteiger partial charge in [0, 0.05) is 18.0 Å². The summed E-state index contributed by atoms with van der Waals surface area (Å²) in [4.78, 5) is 18.7. The number of rotatable bonds is 5. The minimum Gasteiger partial charge on any atom is -0.477 e. The molecule has 1 fully saturated rings. The largest absolute Gasteiger partial charge is 0.477 e. The van der Waals surface area contributed by atoms with E-state index in [1.54, 1.807) is 0 Å². The van der Waals surface area contributed by atoms with Crippen molar-refractivity contribution in [3.05, 3.63) is 10.6 Å².